The lowest BCUT2D eigenvalue weighted by Gasteiger charge is -2.07. The van der Waals surface area contributed by atoms with Crippen LogP contribution in [0.4, 0.5) is 5.82 Å². The highest BCUT2D eigenvalue weighted by molar-refractivity contribution is 5.32. The first-order valence-corrected chi connectivity index (χ1v) is 6.06. The number of hydrogen-bond donors (Lipinski definition) is 1. The zero-order chi connectivity index (χ0) is 12.6. The van der Waals surface area contributed by atoms with Gasteiger partial charge in [-0.2, -0.15) is 0 Å². The van der Waals surface area contributed by atoms with E-state index in [2.05, 4.69) is 15.3 Å². The van der Waals surface area contributed by atoms with Crippen molar-refractivity contribution in [3.05, 3.63) is 48.4 Å². The number of ether oxygens (including phenoxy) is 1. The molecule has 4 nitrogen and oxygen atoms in total. The molecule has 2 aromatic rings. The molecule has 0 aliphatic heterocycles. The molecule has 4 heteroatoms. The molecule has 0 fully saturated rings. The van der Waals surface area contributed by atoms with Crippen molar-refractivity contribution in [2.75, 3.05) is 18.5 Å². The number of para-hydroxylation sites is 1. The first-order valence-electron chi connectivity index (χ1n) is 6.06. The van der Waals surface area contributed by atoms with Crippen LogP contribution in [-0.2, 0) is 0 Å². The molecule has 94 valence electrons. The molecule has 1 heterocycles. The van der Waals surface area contributed by atoms with E-state index in [1.165, 1.54) is 0 Å². The largest absolute Gasteiger partial charge is 0.494 e. The highest BCUT2D eigenvalue weighted by Crippen LogP contribution is 2.08. The average molecular weight is 243 g/mol. The minimum atomic E-state index is 0.696. The van der Waals surface area contributed by atoms with Crippen LogP contribution in [0, 0.1) is 6.92 Å². The zero-order valence-electron chi connectivity index (χ0n) is 10.5. The molecule has 0 spiro atoms. The number of benzene rings is 1. The first kappa shape index (κ1) is 12.4. The molecule has 0 aliphatic carbocycles. The standard InChI is InChI=1S/C14H17N3O/c1-12-15-10-8-14(17-12)16-9-5-11-18-13-6-3-2-4-7-13/h2-4,6-8,10H,5,9,11H2,1H3,(H,15,16,17). The Kier molecular flexibility index (Phi) is 4.53. The molecule has 0 radical (unpaired) electrons. The van der Waals surface area contributed by atoms with Crippen molar-refractivity contribution in [3.8, 4) is 5.75 Å². The summed E-state index contributed by atoms with van der Waals surface area (Å²) >= 11 is 0. The van der Waals surface area contributed by atoms with Crippen molar-refractivity contribution >= 4 is 5.82 Å². The highest BCUT2D eigenvalue weighted by atomic mass is 16.5. The molecule has 0 aliphatic rings. The molecule has 18 heavy (non-hydrogen) atoms. The maximum absolute atomic E-state index is 5.59. The van der Waals surface area contributed by atoms with Crippen molar-refractivity contribution in [2.45, 2.75) is 13.3 Å². The predicted molar refractivity (Wildman–Crippen MR) is 71.8 cm³/mol. The van der Waals surface area contributed by atoms with E-state index in [9.17, 15) is 0 Å². The summed E-state index contributed by atoms with van der Waals surface area (Å²) in [4.78, 5) is 8.31. The van der Waals surface area contributed by atoms with Crippen LogP contribution in [-0.4, -0.2) is 23.1 Å². The number of rotatable bonds is 6. The Morgan fingerprint density at radius 2 is 2.00 bits per heavy atom. The molecule has 0 unspecified atom stereocenters. The van der Waals surface area contributed by atoms with Crippen LogP contribution < -0.4 is 10.1 Å². The molecule has 0 bridgehead atoms. The monoisotopic (exact) mass is 243 g/mol. The minimum absolute atomic E-state index is 0.696. The number of nitrogens with one attached hydrogen (secondary N) is 1. The normalized spacial score (nSPS) is 10.1. The average Bonchev–Trinajstić information content (AvgIpc) is 2.40. The van der Waals surface area contributed by atoms with Gasteiger partial charge in [0.15, 0.2) is 0 Å². The van der Waals surface area contributed by atoms with Gasteiger partial charge in [0.05, 0.1) is 6.61 Å². The summed E-state index contributed by atoms with van der Waals surface area (Å²) in [5, 5.41) is 3.24. The fourth-order valence-corrected chi connectivity index (χ4v) is 1.55. The zero-order valence-corrected chi connectivity index (χ0v) is 10.5. The smallest absolute Gasteiger partial charge is 0.129 e. The van der Waals surface area contributed by atoms with E-state index in [1.807, 2.05) is 43.3 Å². The molecule has 0 amide bonds. The van der Waals surface area contributed by atoms with Gasteiger partial charge in [0.1, 0.15) is 17.4 Å². The van der Waals surface area contributed by atoms with E-state index < -0.39 is 0 Å². The van der Waals surface area contributed by atoms with Gasteiger partial charge in [-0.15, -0.1) is 0 Å². The summed E-state index contributed by atoms with van der Waals surface area (Å²) in [7, 11) is 0. The van der Waals surface area contributed by atoms with Gasteiger partial charge in [0.2, 0.25) is 0 Å². The summed E-state index contributed by atoms with van der Waals surface area (Å²) in [6.45, 7) is 3.41. The number of hydrogen-bond acceptors (Lipinski definition) is 4. The molecular formula is C14H17N3O. The Morgan fingerprint density at radius 3 is 2.78 bits per heavy atom. The highest BCUT2D eigenvalue weighted by Gasteiger charge is 1.95. The second kappa shape index (κ2) is 6.59. The van der Waals surface area contributed by atoms with Gasteiger partial charge in [-0.1, -0.05) is 18.2 Å². The van der Waals surface area contributed by atoms with Gasteiger partial charge >= 0.3 is 0 Å². The van der Waals surface area contributed by atoms with E-state index in [0.29, 0.717) is 6.61 Å². The summed E-state index contributed by atoms with van der Waals surface area (Å²) in [6, 6.07) is 11.7. The van der Waals surface area contributed by atoms with Gasteiger partial charge < -0.3 is 10.1 Å². The third-order valence-corrected chi connectivity index (χ3v) is 2.42. The third kappa shape index (κ3) is 4.05. The lowest BCUT2D eigenvalue weighted by Crippen LogP contribution is -2.08. The van der Waals surface area contributed by atoms with Crippen LogP contribution in [0.5, 0.6) is 5.75 Å². The predicted octanol–water partition coefficient (Wildman–Crippen LogP) is 2.67. The summed E-state index contributed by atoms with van der Waals surface area (Å²) in [6.07, 6.45) is 2.68. The van der Waals surface area contributed by atoms with Gasteiger partial charge in [0.25, 0.3) is 0 Å². The summed E-state index contributed by atoms with van der Waals surface area (Å²) < 4.78 is 5.59. The number of aromatic nitrogens is 2. The van der Waals surface area contributed by atoms with Crippen molar-refractivity contribution < 1.29 is 4.74 Å². The topological polar surface area (TPSA) is 47.0 Å². The van der Waals surface area contributed by atoms with Crippen LogP contribution in [0.25, 0.3) is 0 Å². The van der Waals surface area contributed by atoms with Crippen LogP contribution >= 0.6 is 0 Å². The molecule has 1 N–H and O–H groups in total. The SMILES string of the molecule is Cc1nccc(NCCCOc2ccccc2)n1. The molecule has 0 saturated heterocycles. The Bertz CT molecular complexity index is 473. The fourth-order valence-electron chi connectivity index (χ4n) is 1.55. The molecule has 1 aromatic carbocycles. The molecule has 0 atom stereocenters. The van der Waals surface area contributed by atoms with E-state index in [-0.39, 0.29) is 0 Å². The van der Waals surface area contributed by atoms with Crippen molar-refractivity contribution in [1.29, 1.82) is 0 Å². The Labute approximate surface area is 107 Å². The van der Waals surface area contributed by atoms with E-state index in [0.717, 1.165) is 30.4 Å². The molecule has 1 aromatic heterocycles. The quantitative estimate of drug-likeness (QED) is 0.792. The summed E-state index contributed by atoms with van der Waals surface area (Å²) in [5.41, 5.74) is 0. The van der Waals surface area contributed by atoms with E-state index >= 15 is 0 Å². The van der Waals surface area contributed by atoms with Gasteiger partial charge in [0, 0.05) is 12.7 Å². The van der Waals surface area contributed by atoms with Crippen LogP contribution in [0.3, 0.4) is 0 Å². The van der Waals surface area contributed by atoms with Crippen molar-refractivity contribution in [1.82, 2.24) is 9.97 Å². The van der Waals surface area contributed by atoms with Gasteiger partial charge in [-0.05, 0) is 31.5 Å². The van der Waals surface area contributed by atoms with Crippen molar-refractivity contribution in [2.24, 2.45) is 0 Å². The van der Waals surface area contributed by atoms with Gasteiger partial charge in [-0.25, -0.2) is 9.97 Å². The lowest BCUT2D eigenvalue weighted by atomic mass is 10.3. The second-order valence-corrected chi connectivity index (χ2v) is 3.93. The van der Waals surface area contributed by atoms with Crippen LogP contribution in [0.2, 0.25) is 0 Å². The fraction of sp³-hybridized carbons (Fsp3) is 0.286. The Hall–Kier alpha value is -2.10. The maximum Gasteiger partial charge on any atom is 0.129 e. The summed E-state index contributed by atoms with van der Waals surface area (Å²) in [5.74, 6) is 2.55. The van der Waals surface area contributed by atoms with Gasteiger partial charge in [-0.3, -0.25) is 0 Å². The Morgan fingerprint density at radius 1 is 1.17 bits per heavy atom. The third-order valence-electron chi connectivity index (χ3n) is 2.42. The second-order valence-electron chi connectivity index (χ2n) is 3.93. The van der Waals surface area contributed by atoms with Crippen molar-refractivity contribution in [3.63, 3.8) is 0 Å². The first-order chi connectivity index (χ1) is 8.84. The van der Waals surface area contributed by atoms with Crippen LogP contribution in [0.1, 0.15) is 12.2 Å². The van der Waals surface area contributed by atoms with E-state index in [4.69, 9.17) is 4.74 Å². The molecule has 2 rings (SSSR count). The van der Waals surface area contributed by atoms with Crippen LogP contribution in [0.15, 0.2) is 42.6 Å². The van der Waals surface area contributed by atoms with E-state index in [1.54, 1.807) is 6.20 Å². The number of aryl methyl sites for hydroxylation is 1. The lowest BCUT2D eigenvalue weighted by molar-refractivity contribution is 0.315. The maximum atomic E-state index is 5.59. The molecular weight excluding hydrogens is 226 g/mol. The number of anilines is 1. The molecule has 0 saturated carbocycles. The minimum Gasteiger partial charge on any atom is -0.494 e. The number of nitrogens with zero attached hydrogens (tertiary/aromatic N) is 2. The Balaban J connectivity index is 1.65.